The average molecular weight is 222 g/mol. The number of terminal acetylenes is 3. The van der Waals surface area contributed by atoms with E-state index in [9.17, 15) is 4.79 Å². The molecular formula is C14H10N2O. The first-order valence-electron chi connectivity index (χ1n) is 4.88. The fourth-order valence-electron chi connectivity index (χ4n) is 1.16. The Hall–Kier alpha value is -2.70. The Balaban J connectivity index is 2.91. The molecule has 17 heavy (non-hydrogen) atoms. The number of pyridine rings is 1. The molecule has 0 aliphatic carbocycles. The molecule has 0 unspecified atom stereocenters. The first kappa shape index (κ1) is 12.4. The van der Waals surface area contributed by atoms with Gasteiger partial charge in [0, 0.05) is 18.5 Å². The molecule has 0 bridgehead atoms. The quantitative estimate of drug-likeness (QED) is 0.607. The van der Waals surface area contributed by atoms with Gasteiger partial charge in [0.15, 0.2) is 0 Å². The summed E-state index contributed by atoms with van der Waals surface area (Å²) in [5, 5.41) is 2.66. The van der Waals surface area contributed by atoms with Crippen LogP contribution in [-0.4, -0.2) is 17.4 Å². The van der Waals surface area contributed by atoms with Crippen LogP contribution in [-0.2, 0) is 0 Å². The standard InChI is InChI=1S/C14H10N2O/c1-4-7-8-15-14(17)11-9-12(5-2)16-13(6-3)10-11/h1-3,9-10H,7-8H2,(H,15,17). The van der Waals surface area contributed by atoms with Crippen molar-refractivity contribution >= 4 is 5.91 Å². The van der Waals surface area contributed by atoms with Gasteiger partial charge in [-0.1, -0.05) is 11.8 Å². The van der Waals surface area contributed by atoms with Gasteiger partial charge in [-0.3, -0.25) is 4.79 Å². The zero-order chi connectivity index (χ0) is 12.7. The Bertz CT molecular complexity index is 521. The van der Waals surface area contributed by atoms with E-state index in [1.54, 1.807) is 0 Å². The third-order valence-corrected chi connectivity index (χ3v) is 1.94. The number of nitrogens with one attached hydrogen (secondary N) is 1. The van der Waals surface area contributed by atoms with Gasteiger partial charge in [-0.05, 0) is 12.1 Å². The predicted molar refractivity (Wildman–Crippen MR) is 65.9 cm³/mol. The van der Waals surface area contributed by atoms with Gasteiger partial charge in [-0.2, -0.15) is 0 Å². The highest BCUT2D eigenvalue weighted by Gasteiger charge is 2.07. The summed E-state index contributed by atoms with van der Waals surface area (Å²) in [6.45, 7) is 0.411. The maximum Gasteiger partial charge on any atom is 0.251 e. The van der Waals surface area contributed by atoms with Crippen LogP contribution < -0.4 is 5.32 Å². The normalized spacial score (nSPS) is 8.53. The number of hydrogen-bond donors (Lipinski definition) is 1. The highest BCUT2D eigenvalue weighted by atomic mass is 16.1. The second-order valence-corrected chi connectivity index (χ2v) is 3.13. The zero-order valence-corrected chi connectivity index (χ0v) is 9.16. The van der Waals surface area contributed by atoms with Crippen molar-refractivity contribution in [1.82, 2.24) is 10.3 Å². The van der Waals surface area contributed by atoms with Gasteiger partial charge in [0.1, 0.15) is 11.4 Å². The second kappa shape index (κ2) is 6.01. The van der Waals surface area contributed by atoms with Crippen LogP contribution in [0.2, 0.25) is 0 Å². The maximum atomic E-state index is 11.7. The van der Waals surface area contributed by atoms with Gasteiger partial charge in [0.2, 0.25) is 0 Å². The third-order valence-electron chi connectivity index (χ3n) is 1.94. The summed E-state index contributed by atoms with van der Waals surface area (Å²) < 4.78 is 0. The Morgan fingerprint density at radius 2 is 1.82 bits per heavy atom. The van der Waals surface area contributed by atoms with E-state index in [2.05, 4.69) is 28.1 Å². The second-order valence-electron chi connectivity index (χ2n) is 3.13. The number of rotatable bonds is 3. The average Bonchev–Trinajstić information content (AvgIpc) is 2.38. The molecule has 0 aliphatic heterocycles. The maximum absolute atomic E-state index is 11.7. The minimum absolute atomic E-state index is 0.268. The molecule has 3 heteroatoms. The van der Waals surface area contributed by atoms with Crippen LogP contribution in [0.15, 0.2) is 12.1 Å². The minimum Gasteiger partial charge on any atom is -0.351 e. The largest absolute Gasteiger partial charge is 0.351 e. The van der Waals surface area contributed by atoms with Crippen LogP contribution >= 0.6 is 0 Å². The van der Waals surface area contributed by atoms with Crippen molar-refractivity contribution in [3.8, 4) is 37.0 Å². The van der Waals surface area contributed by atoms with Crippen LogP contribution in [0.1, 0.15) is 28.2 Å². The van der Waals surface area contributed by atoms with Gasteiger partial charge >= 0.3 is 0 Å². The van der Waals surface area contributed by atoms with Gasteiger partial charge in [-0.25, -0.2) is 4.98 Å². The molecule has 0 spiro atoms. The highest BCUT2D eigenvalue weighted by molar-refractivity contribution is 5.94. The zero-order valence-electron chi connectivity index (χ0n) is 9.16. The number of amides is 1. The monoisotopic (exact) mass is 222 g/mol. The molecule has 1 aromatic rings. The SMILES string of the molecule is C#CCCNC(=O)c1cc(C#C)nc(C#C)c1. The Kier molecular flexibility index (Phi) is 4.37. The summed E-state index contributed by atoms with van der Waals surface area (Å²) in [5.74, 6) is 6.85. The molecule has 0 aliphatic rings. The molecule has 1 aromatic heterocycles. The first-order valence-corrected chi connectivity index (χ1v) is 4.88. The molecule has 1 rings (SSSR count). The molecular weight excluding hydrogens is 212 g/mol. The molecule has 1 amide bonds. The van der Waals surface area contributed by atoms with Crippen molar-refractivity contribution in [2.45, 2.75) is 6.42 Å². The molecule has 1 N–H and O–H groups in total. The van der Waals surface area contributed by atoms with E-state index in [0.29, 0.717) is 29.9 Å². The lowest BCUT2D eigenvalue weighted by molar-refractivity contribution is 0.0954. The fourth-order valence-corrected chi connectivity index (χ4v) is 1.16. The number of aromatic nitrogens is 1. The molecule has 0 fully saturated rings. The number of nitrogens with zero attached hydrogens (tertiary/aromatic N) is 1. The lowest BCUT2D eigenvalue weighted by Crippen LogP contribution is -2.24. The summed E-state index contributed by atoms with van der Waals surface area (Å²) in [4.78, 5) is 15.7. The van der Waals surface area contributed by atoms with E-state index in [1.807, 2.05) is 0 Å². The lowest BCUT2D eigenvalue weighted by atomic mass is 10.1. The molecule has 0 atom stereocenters. The topological polar surface area (TPSA) is 42.0 Å². The Labute approximate surface area is 101 Å². The summed E-state index contributed by atoms with van der Waals surface area (Å²) in [7, 11) is 0. The highest BCUT2D eigenvalue weighted by Crippen LogP contribution is 2.05. The minimum atomic E-state index is -0.268. The van der Waals surface area contributed by atoms with Crippen molar-refractivity contribution in [3.63, 3.8) is 0 Å². The van der Waals surface area contributed by atoms with Crippen LogP contribution in [0.25, 0.3) is 0 Å². The van der Waals surface area contributed by atoms with Crippen molar-refractivity contribution < 1.29 is 4.79 Å². The van der Waals surface area contributed by atoms with Gasteiger partial charge < -0.3 is 5.32 Å². The van der Waals surface area contributed by atoms with Crippen molar-refractivity contribution in [3.05, 3.63) is 29.1 Å². The predicted octanol–water partition coefficient (Wildman–Crippen LogP) is 0.797. The van der Waals surface area contributed by atoms with Gasteiger partial charge in [0.05, 0.1) is 0 Å². The van der Waals surface area contributed by atoms with E-state index in [-0.39, 0.29) is 5.91 Å². The Morgan fingerprint density at radius 1 is 1.24 bits per heavy atom. The number of carbonyl (C=O) groups excluding carboxylic acids is 1. The summed E-state index contributed by atoms with van der Waals surface area (Å²) in [5.41, 5.74) is 1.06. The number of hydrogen-bond acceptors (Lipinski definition) is 2. The van der Waals surface area contributed by atoms with E-state index < -0.39 is 0 Å². The van der Waals surface area contributed by atoms with Crippen LogP contribution in [0.3, 0.4) is 0 Å². The molecule has 0 saturated heterocycles. The smallest absolute Gasteiger partial charge is 0.251 e. The molecule has 3 nitrogen and oxygen atoms in total. The Morgan fingerprint density at radius 3 is 2.29 bits per heavy atom. The van der Waals surface area contributed by atoms with Gasteiger partial charge in [-0.15, -0.1) is 25.2 Å². The molecule has 0 radical (unpaired) electrons. The van der Waals surface area contributed by atoms with E-state index in [0.717, 1.165) is 0 Å². The van der Waals surface area contributed by atoms with E-state index >= 15 is 0 Å². The van der Waals surface area contributed by atoms with E-state index in [1.165, 1.54) is 12.1 Å². The molecule has 1 heterocycles. The lowest BCUT2D eigenvalue weighted by Gasteiger charge is -2.04. The molecule has 82 valence electrons. The van der Waals surface area contributed by atoms with Gasteiger partial charge in [0.25, 0.3) is 5.91 Å². The van der Waals surface area contributed by atoms with Crippen LogP contribution in [0.4, 0.5) is 0 Å². The summed E-state index contributed by atoms with van der Waals surface area (Å²) in [6, 6.07) is 3.01. The summed E-state index contributed by atoms with van der Waals surface area (Å²) in [6.07, 6.45) is 16.0. The fraction of sp³-hybridized carbons (Fsp3) is 0.143. The van der Waals surface area contributed by atoms with Crippen LogP contribution in [0.5, 0.6) is 0 Å². The van der Waals surface area contributed by atoms with E-state index in [4.69, 9.17) is 19.3 Å². The first-order chi connectivity index (χ1) is 8.21. The van der Waals surface area contributed by atoms with Crippen molar-refractivity contribution in [1.29, 1.82) is 0 Å². The number of carbonyl (C=O) groups is 1. The molecule has 0 saturated carbocycles. The van der Waals surface area contributed by atoms with Crippen molar-refractivity contribution in [2.24, 2.45) is 0 Å². The summed E-state index contributed by atoms with van der Waals surface area (Å²) >= 11 is 0. The van der Waals surface area contributed by atoms with Crippen LogP contribution in [0, 0.1) is 37.0 Å². The molecule has 0 aromatic carbocycles. The third kappa shape index (κ3) is 3.42. The van der Waals surface area contributed by atoms with Crippen molar-refractivity contribution in [2.75, 3.05) is 6.54 Å².